The first kappa shape index (κ1) is 21.6. The molecule has 3 atom stereocenters. The molecule has 3 rings (SSSR count). The Hall–Kier alpha value is -1.13. The predicted molar refractivity (Wildman–Crippen MR) is 94.3 cm³/mol. The van der Waals surface area contributed by atoms with Crippen molar-refractivity contribution < 1.29 is 35.9 Å². The van der Waals surface area contributed by atoms with E-state index >= 15 is 0 Å². The number of esters is 1. The van der Waals surface area contributed by atoms with Gasteiger partial charge in [0.05, 0.1) is 11.5 Å². The van der Waals surface area contributed by atoms with Crippen molar-refractivity contribution in [1.82, 2.24) is 4.31 Å². The first-order valence-corrected chi connectivity index (χ1v) is 10.8. The Morgan fingerprint density at radius 1 is 1.18 bits per heavy atom. The van der Waals surface area contributed by atoms with Gasteiger partial charge in [-0.25, -0.2) is 8.42 Å². The van der Waals surface area contributed by atoms with Gasteiger partial charge in [-0.05, 0) is 29.9 Å². The Morgan fingerprint density at radius 3 is 2.21 bits per heavy atom. The molecule has 0 radical (unpaired) electrons. The Kier molecular flexibility index (Phi) is 5.16. The Bertz CT molecular complexity index is 778. The van der Waals surface area contributed by atoms with E-state index in [1.54, 1.807) is 0 Å². The number of carbonyl (C=O) groups excluding carboxylic acids is 1. The smallest absolute Gasteiger partial charge is 0.456 e. The third kappa shape index (κ3) is 3.08. The van der Waals surface area contributed by atoms with Crippen LogP contribution in [-0.2, 0) is 24.3 Å². The molecule has 1 aliphatic carbocycles. The van der Waals surface area contributed by atoms with E-state index in [1.165, 1.54) is 6.08 Å². The second-order valence-electron chi connectivity index (χ2n) is 8.77. The number of halogens is 3. The molecule has 160 valence electrons. The lowest BCUT2D eigenvalue weighted by Crippen LogP contribution is -2.63. The number of rotatable bonds is 2. The van der Waals surface area contributed by atoms with E-state index in [0.717, 1.165) is 13.5 Å². The quantitative estimate of drug-likeness (QED) is 0.501. The molecule has 0 amide bonds. The fraction of sp³-hybridized carbons (Fsp3) is 0.833. The predicted octanol–water partition coefficient (Wildman–Crippen LogP) is 3.34. The summed E-state index contributed by atoms with van der Waals surface area (Å²) in [5.41, 5.74) is -6.77. The van der Waals surface area contributed by atoms with Crippen LogP contribution in [-0.4, -0.2) is 49.7 Å². The highest BCUT2D eigenvalue weighted by atomic mass is 32.2. The molecule has 0 N–H and O–H groups in total. The van der Waals surface area contributed by atoms with Crippen LogP contribution < -0.4 is 0 Å². The van der Waals surface area contributed by atoms with Crippen LogP contribution in [0.5, 0.6) is 0 Å². The van der Waals surface area contributed by atoms with E-state index in [0.29, 0.717) is 35.6 Å². The summed E-state index contributed by atoms with van der Waals surface area (Å²) in [5, 5.41) is 0. The molecular formula is C18H26F3NO5S. The zero-order valence-corrected chi connectivity index (χ0v) is 17.2. The van der Waals surface area contributed by atoms with E-state index in [1.807, 2.05) is 20.8 Å². The molecule has 0 aromatic rings. The van der Waals surface area contributed by atoms with E-state index in [4.69, 9.17) is 9.47 Å². The third-order valence-corrected chi connectivity index (χ3v) is 7.65. The van der Waals surface area contributed by atoms with E-state index in [2.05, 4.69) is 0 Å². The Morgan fingerprint density at radius 2 is 1.75 bits per heavy atom. The van der Waals surface area contributed by atoms with Crippen LogP contribution in [0.3, 0.4) is 0 Å². The highest BCUT2D eigenvalue weighted by Gasteiger charge is 2.68. The average molecular weight is 425 g/mol. The van der Waals surface area contributed by atoms with E-state index in [9.17, 15) is 26.4 Å². The van der Waals surface area contributed by atoms with Crippen LogP contribution in [0.15, 0.2) is 11.6 Å². The second-order valence-corrected chi connectivity index (χ2v) is 10.6. The number of alkyl halides is 3. The lowest BCUT2D eigenvalue weighted by atomic mass is 9.66. The summed E-state index contributed by atoms with van der Waals surface area (Å²) >= 11 is 0. The van der Waals surface area contributed by atoms with Gasteiger partial charge in [-0.2, -0.15) is 17.5 Å². The van der Waals surface area contributed by atoms with Crippen molar-refractivity contribution >= 4 is 16.0 Å². The fourth-order valence-corrected chi connectivity index (χ4v) is 6.01. The van der Waals surface area contributed by atoms with Gasteiger partial charge in [0, 0.05) is 7.11 Å². The number of sulfonamides is 1. The van der Waals surface area contributed by atoms with E-state index in [-0.39, 0.29) is 0 Å². The molecule has 1 saturated carbocycles. The summed E-state index contributed by atoms with van der Waals surface area (Å²) in [4.78, 5) is 12.9. The summed E-state index contributed by atoms with van der Waals surface area (Å²) < 4.78 is 76.8. The molecule has 0 unspecified atom stereocenters. The summed E-state index contributed by atoms with van der Waals surface area (Å²) in [6.07, 6.45) is 1.52. The maximum absolute atomic E-state index is 13.5. The molecule has 6 nitrogen and oxygen atoms in total. The largest absolute Gasteiger partial charge is 0.511 e. The maximum Gasteiger partial charge on any atom is 0.511 e. The number of hydrogen-bond donors (Lipinski definition) is 0. The second kappa shape index (κ2) is 6.70. The number of methoxy groups -OCH3 is 1. The van der Waals surface area contributed by atoms with E-state index < -0.39 is 50.7 Å². The monoisotopic (exact) mass is 425 g/mol. The molecule has 2 heterocycles. The number of nitrogens with zero attached hydrogens (tertiary/aromatic N) is 1. The number of carbonyl (C=O) groups is 1. The molecule has 28 heavy (non-hydrogen) atoms. The van der Waals surface area contributed by atoms with Gasteiger partial charge in [0.25, 0.3) is 0 Å². The van der Waals surface area contributed by atoms with Crippen molar-refractivity contribution in [1.29, 1.82) is 0 Å². The zero-order chi connectivity index (χ0) is 21.1. The van der Waals surface area contributed by atoms with Crippen LogP contribution >= 0.6 is 0 Å². The topological polar surface area (TPSA) is 72.9 Å². The third-order valence-electron chi connectivity index (χ3n) is 6.07. The van der Waals surface area contributed by atoms with Crippen LogP contribution in [0.25, 0.3) is 0 Å². The van der Waals surface area contributed by atoms with Crippen molar-refractivity contribution in [2.24, 2.45) is 10.8 Å². The Labute approximate surface area is 163 Å². The summed E-state index contributed by atoms with van der Waals surface area (Å²) in [7, 11) is -4.59. The summed E-state index contributed by atoms with van der Waals surface area (Å²) in [5.74, 6) is -0.614. The Balaban J connectivity index is 2.25. The molecule has 2 fully saturated rings. The van der Waals surface area contributed by atoms with Crippen molar-refractivity contribution in [3.05, 3.63) is 11.6 Å². The normalized spacial score (nSPS) is 31.5. The molecule has 2 aliphatic heterocycles. The van der Waals surface area contributed by atoms with Crippen LogP contribution in [0.1, 0.15) is 52.9 Å². The van der Waals surface area contributed by atoms with Gasteiger partial charge in [-0.3, -0.25) is 4.79 Å². The van der Waals surface area contributed by atoms with Gasteiger partial charge in [0.15, 0.2) is 0 Å². The molecule has 1 saturated heterocycles. The first-order valence-electron chi connectivity index (χ1n) is 9.33. The SMILES string of the molecule is CO[C@@H]1C=C(C(C)(C)C)[C@@H]2OC(=O)C3(CCCCC3)[C@@H]2N1S(=O)(=O)C(F)(F)F. The standard InChI is InChI=1S/C18H26F3NO5S/c1-16(2,3)11-10-12(26-4)22(28(24,25)18(19,20)21)14-13(11)27-15(23)17(14)8-6-5-7-9-17/h10,12-14H,5-9H2,1-4H3/t12-,13+,14-/m1/s1. The molecule has 3 aliphatic rings. The minimum Gasteiger partial charge on any atom is -0.456 e. The van der Waals surface area contributed by atoms with Gasteiger partial charge in [-0.1, -0.05) is 40.0 Å². The van der Waals surface area contributed by atoms with Crippen molar-refractivity contribution in [3.8, 4) is 0 Å². The molecule has 1 spiro atoms. The lowest BCUT2D eigenvalue weighted by Gasteiger charge is -2.47. The van der Waals surface area contributed by atoms with Crippen molar-refractivity contribution in [3.63, 3.8) is 0 Å². The average Bonchev–Trinajstić information content (AvgIpc) is 2.84. The summed E-state index contributed by atoms with van der Waals surface area (Å²) in [6.45, 7) is 5.53. The highest BCUT2D eigenvalue weighted by Crippen LogP contribution is 2.55. The highest BCUT2D eigenvalue weighted by molar-refractivity contribution is 7.90. The van der Waals surface area contributed by atoms with Crippen molar-refractivity contribution in [2.45, 2.75) is 76.8 Å². The number of fused-ring (bicyclic) bond motifs is 2. The summed E-state index contributed by atoms with van der Waals surface area (Å²) in [6, 6.07) is -1.28. The van der Waals surface area contributed by atoms with Gasteiger partial charge < -0.3 is 9.47 Å². The van der Waals surface area contributed by atoms with Gasteiger partial charge in [-0.15, -0.1) is 0 Å². The van der Waals surface area contributed by atoms with Gasteiger partial charge in [0.1, 0.15) is 12.3 Å². The first-order chi connectivity index (χ1) is 12.8. The number of ether oxygens (including phenoxy) is 2. The molecule has 0 aromatic carbocycles. The van der Waals surface area contributed by atoms with Crippen molar-refractivity contribution in [2.75, 3.05) is 7.11 Å². The molecule has 0 aromatic heterocycles. The minimum atomic E-state index is -5.75. The van der Waals surface area contributed by atoms with Gasteiger partial charge >= 0.3 is 21.5 Å². The zero-order valence-electron chi connectivity index (χ0n) is 16.4. The number of hydrogen-bond acceptors (Lipinski definition) is 5. The molecule has 10 heteroatoms. The molecular weight excluding hydrogens is 399 g/mol. The van der Waals surface area contributed by atoms with Crippen LogP contribution in [0.2, 0.25) is 0 Å². The fourth-order valence-electron chi connectivity index (χ4n) is 4.74. The molecule has 0 bridgehead atoms. The lowest BCUT2D eigenvalue weighted by molar-refractivity contribution is -0.149. The van der Waals surface area contributed by atoms with Crippen LogP contribution in [0.4, 0.5) is 13.2 Å². The van der Waals surface area contributed by atoms with Crippen LogP contribution in [0, 0.1) is 10.8 Å². The maximum atomic E-state index is 13.5. The minimum absolute atomic E-state index is 0.296. The van der Waals surface area contributed by atoms with Gasteiger partial charge in [0.2, 0.25) is 0 Å².